The molecule has 6 nitrogen and oxygen atoms in total. The summed E-state index contributed by atoms with van der Waals surface area (Å²) in [7, 11) is 1.74. The minimum absolute atomic E-state index is 0.0816. The summed E-state index contributed by atoms with van der Waals surface area (Å²) >= 11 is 0. The highest BCUT2D eigenvalue weighted by Gasteiger charge is 2.16. The number of aromatic nitrogens is 4. The maximum absolute atomic E-state index is 12.3. The van der Waals surface area contributed by atoms with Gasteiger partial charge < -0.3 is 9.88 Å². The van der Waals surface area contributed by atoms with Gasteiger partial charge in [0.25, 0.3) is 5.91 Å². The lowest BCUT2D eigenvalue weighted by Gasteiger charge is -2.16. The normalized spacial score (nSPS) is 10.4. The van der Waals surface area contributed by atoms with E-state index in [-0.39, 0.29) is 5.91 Å². The van der Waals surface area contributed by atoms with Gasteiger partial charge in [-0.15, -0.1) is 0 Å². The van der Waals surface area contributed by atoms with E-state index in [0.29, 0.717) is 17.8 Å². The molecule has 0 aliphatic carbocycles. The van der Waals surface area contributed by atoms with Crippen molar-refractivity contribution in [2.75, 3.05) is 7.05 Å². The Balaban J connectivity index is 2.17. The van der Waals surface area contributed by atoms with Crippen LogP contribution in [0.2, 0.25) is 0 Å². The number of rotatable bonds is 3. The lowest BCUT2D eigenvalue weighted by Crippen LogP contribution is -2.27. The Morgan fingerprint density at radius 2 is 2.17 bits per heavy atom. The molecule has 0 atom stereocenters. The van der Waals surface area contributed by atoms with E-state index >= 15 is 0 Å². The number of aromatic amines is 1. The van der Waals surface area contributed by atoms with Crippen molar-refractivity contribution in [3.8, 4) is 0 Å². The molecule has 0 fully saturated rings. The van der Waals surface area contributed by atoms with Crippen LogP contribution in [0, 0.1) is 13.8 Å². The third-order valence-electron chi connectivity index (χ3n) is 2.62. The summed E-state index contributed by atoms with van der Waals surface area (Å²) in [5.41, 5.74) is 1.95. The first kappa shape index (κ1) is 12.2. The van der Waals surface area contributed by atoms with Crippen molar-refractivity contribution < 1.29 is 4.79 Å². The lowest BCUT2D eigenvalue weighted by atomic mass is 10.2. The van der Waals surface area contributed by atoms with Crippen molar-refractivity contribution in [3.63, 3.8) is 0 Å². The maximum atomic E-state index is 12.3. The van der Waals surface area contributed by atoms with Gasteiger partial charge in [-0.25, -0.2) is 4.98 Å². The second-order valence-corrected chi connectivity index (χ2v) is 4.18. The molecule has 94 valence electrons. The Morgan fingerprint density at radius 1 is 1.39 bits per heavy atom. The van der Waals surface area contributed by atoms with Crippen molar-refractivity contribution in [1.29, 1.82) is 0 Å². The van der Waals surface area contributed by atoms with Gasteiger partial charge in [0.1, 0.15) is 5.82 Å². The minimum atomic E-state index is -0.0816. The molecule has 0 bridgehead atoms. The largest absolute Gasteiger partial charge is 0.347 e. The van der Waals surface area contributed by atoms with Gasteiger partial charge in [0, 0.05) is 19.4 Å². The van der Waals surface area contributed by atoms with E-state index in [4.69, 9.17) is 0 Å². The molecule has 1 N–H and O–H groups in total. The summed E-state index contributed by atoms with van der Waals surface area (Å²) in [4.78, 5) is 20.9. The molecule has 0 aliphatic rings. The second-order valence-electron chi connectivity index (χ2n) is 4.18. The van der Waals surface area contributed by atoms with Crippen LogP contribution in [0.25, 0.3) is 0 Å². The van der Waals surface area contributed by atoms with Crippen LogP contribution in [0.3, 0.4) is 0 Å². The Labute approximate surface area is 105 Å². The molecule has 0 unspecified atom stereocenters. The Bertz CT molecular complexity index is 550. The maximum Gasteiger partial charge on any atom is 0.255 e. The van der Waals surface area contributed by atoms with Crippen LogP contribution < -0.4 is 0 Å². The van der Waals surface area contributed by atoms with Gasteiger partial charge >= 0.3 is 0 Å². The third kappa shape index (κ3) is 2.53. The molecule has 18 heavy (non-hydrogen) atoms. The number of amides is 1. The molecular weight excluding hydrogens is 230 g/mol. The summed E-state index contributed by atoms with van der Waals surface area (Å²) in [6.45, 7) is 4.03. The summed E-state index contributed by atoms with van der Waals surface area (Å²) in [5, 5.41) is 7.88. The molecule has 0 aliphatic heterocycles. The second kappa shape index (κ2) is 4.95. The third-order valence-corrected chi connectivity index (χ3v) is 2.62. The summed E-state index contributed by atoms with van der Waals surface area (Å²) in [6, 6.07) is 1.75. The number of imidazole rings is 1. The standard InChI is InChI=1S/C12H15N5O/c1-8-6-10(9(2)16-15-8)12(18)17(3)7-11-13-4-5-14-11/h4-6H,7H2,1-3H3,(H,13,14). The van der Waals surface area contributed by atoms with Gasteiger partial charge in [0.15, 0.2) is 0 Å². The first-order chi connectivity index (χ1) is 8.58. The van der Waals surface area contributed by atoms with Crippen LogP contribution in [0.15, 0.2) is 18.5 Å². The predicted octanol–water partition coefficient (Wildman–Crippen LogP) is 1.09. The summed E-state index contributed by atoms with van der Waals surface area (Å²) < 4.78 is 0. The van der Waals surface area contributed by atoms with Gasteiger partial charge in [0.05, 0.1) is 23.5 Å². The SMILES string of the molecule is Cc1cc(C(=O)N(C)Cc2ncc[nH]2)c(C)nn1. The van der Waals surface area contributed by atoms with Crippen LogP contribution >= 0.6 is 0 Å². The summed E-state index contributed by atoms with van der Waals surface area (Å²) in [6.07, 6.45) is 3.40. The van der Waals surface area contributed by atoms with Crippen LogP contribution in [0.1, 0.15) is 27.6 Å². The number of nitrogens with one attached hydrogen (secondary N) is 1. The van der Waals surface area contributed by atoms with Crippen LogP contribution in [0.5, 0.6) is 0 Å². The molecule has 2 rings (SSSR count). The average molecular weight is 245 g/mol. The molecule has 0 aromatic carbocycles. The van der Waals surface area contributed by atoms with Crippen molar-refractivity contribution >= 4 is 5.91 Å². The number of carbonyl (C=O) groups excluding carboxylic acids is 1. The van der Waals surface area contributed by atoms with Gasteiger partial charge in [-0.05, 0) is 19.9 Å². The fourth-order valence-electron chi connectivity index (χ4n) is 1.65. The van der Waals surface area contributed by atoms with E-state index < -0.39 is 0 Å². The molecule has 0 saturated carbocycles. The molecule has 2 aromatic heterocycles. The fourth-order valence-corrected chi connectivity index (χ4v) is 1.65. The zero-order chi connectivity index (χ0) is 13.1. The Morgan fingerprint density at radius 3 is 2.83 bits per heavy atom. The van der Waals surface area contributed by atoms with E-state index in [1.165, 1.54) is 0 Å². The van der Waals surface area contributed by atoms with Crippen molar-refractivity contribution in [3.05, 3.63) is 41.2 Å². The van der Waals surface area contributed by atoms with Gasteiger partial charge in [-0.2, -0.15) is 10.2 Å². The van der Waals surface area contributed by atoms with Crippen molar-refractivity contribution in [2.24, 2.45) is 0 Å². The van der Waals surface area contributed by atoms with Crippen molar-refractivity contribution in [1.82, 2.24) is 25.1 Å². The average Bonchev–Trinajstić information content (AvgIpc) is 2.84. The van der Waals surface area contributed by atoms with E-state index in [2.05, 4.69) is 20.2 Å². The first-order valence-corrected chi connectivity index (χ1v) is 5.62. The van der Waals surface area contributed by atoms with E-state index in [0.717, 1.165) is 11.5 Å². The number of carbonyl (C=O) groups is 1. The number of nitrogens with zero attached hydrogens (tertiary/aromatic N) is 4. The predicted molar refractivity (Wildman–Crippen MR) is 65.9 cm³/mol. The highest BCUT2D eigenvalue weighted by atomic mass is 16.2. The molecule has 2 heterocycles. The van der Waals surface area contributed by atoms with Crippen LogP contribution in [0.4, 0.5) is 0 Å². The monoisotopic (exact) mass is 245 g/mol. The summed E-state index contributed by atoms with van der Waals surface area (Å²) in [5.74, 6) is 0.671. The number of aryl methyl sites for hydroxylation is 2. The van der Waals surface area contributed by atoms with Gasteiger partial charge in [0.2, 0.25) is 0 Å². The van der Waals surface area contributed by atoms with E-state index in [9.17, 15) is 4.79 Å². The van der Waals surface area contributed by atoms with Crippen LogP contribution in [-0.2, 0) is 6.54 Å². The zero-order valence-electron chi connectivity index (χ0n) is 10.6. The van der Waals surface area contributed by atoms with Crippen LogP contribution in [-0.4, -0.2) is 38.0 Å². The van der Waals surface area contributed by atoms with Crippen molar-refractivity contribution in [2.45, 2.75) is 20.4 Å². The molecule has 0 spiro atoms. The molecule has 1 amide bonds. The number of hydrogen-bond acceptors (Lipinski definition) is 4. The molecule has 2 aromatic rings. The molecule has 6 heteroatoms. The quantitative estimate of drug-likeness (QED) is 0.878. The Hall–Kier alpha value is -2.24. The van der Waals surface area contributed by atoms with E-state index in [1.807, 2.05) is 6.92 Å². The molecule has 0 radical (unpaired) electrons. The Kier molecular flexibility index (Phi) is 3.36. The molecular formula is C12H15N5O. The smallest absolute Gasteiger partial charge is 0.255 e. The first-order valence-electron chi connectivity index (χ1n) is 5.62. The zero-order valence-corrected chi connectivity index (χ0v) is 10.6. The minimum Gasteiger partial charge on any atom is -0.347 e. The highest BCUT2D eigenvalue weighted by molar-refractivity contribution is 5.95. The number of hydrogen-bond donors (Lipinski definition) is 1. The van der Waals surface area contributed by atoms with Gasteiger partial charge in [-0.1, -0.05) is 0 Å². The highest BCUT2D eigenvalue weighted by Crippen LogP contribution is 2.09. The lowest BCUT2D eigenvalue weighted by molar-refractivity contribution is 0.0780. The number of H-pyrrole nitrogens is 1. The fraction of sp³-hybridized carbons (Fsp3) is 0.333. The topological polar surface area (TPSA) is 74.8 Å². The van der Waals surface area contributed by atoms with Gasteiger partial charge in [-0.3, -0.25) is 4.79 Å². The molecule has 0 saturated heterocycles. The van der Waals surface area contributed by atoms with E-state index in [1.54, 1.807) is 37.3 Å².